The number of aryl methyl sites for hydroxylation is 2. The van der Waals surface area contributed by atoms with Crippen molar-refractivity contribution in [3.63, 3.8) is 0 Å². The van der Waals surface area contributed by atoms with Crippen LogP contribution in [0.5, 0.6) is 0 Å². The second-order valence-electron chi connectivity index (χ2n) is 5.14. The predicted octanol–water partition coefficient (Wildman–Crippen LogP) is 3.97. The lowest BCUT2D eigenvalue weighted by Crippen LogP contribution is -2.11. The summed E-state index contributed by atoms with van der Waals surface area (Å²) in [7, 11) is 0. The molecule has 3 rings (SSSR count). The molecule has 0 saturated heterocycles. The largest absolute Gasteiger partial charge is 0.385 e. The second-order valence-corrected chi connectivity index (χ2v) is 5.14. The van der Waals surface area contributed by atoms with Crippen molar-refractivity contribution in [3.8, 4) is 6.07 Å². The summed E-state index contributed by atoms with van der Waals surface area (Å²) in [6, 6.07) is 14.4. The molecule has 1 aliphatic heterocycles. The summed E-state index contributed by atoms with van der Waals surface area (Å²) in [5.41, 5.74) is 6.28. The third-order valence-corrected chi connectivity index (χ3v) is 3.71. The number of hydrogen-bond acceptors (Lipinski definition) is 3. The van der Waals surface area contributed by atoms with Crippen molar-refractivity contribution in [2.75, 3.05) is 17.2 Å². The van der Waals surface area contributed by atoms with Gasteiger partial charge in [0.2, 0.25) is 0 Å². The fourth-order valence-electron chi connectivity index (χ4n) is 2.62. The molecule has 1 heterocycles. The molecular formula is C17H17N3. The van der Waals surface area contributed by atoms with Gasteiger partial charge in [-0.15, -0.1) is 0 Å². The van der Waals surface area contributed by atoms with Gasteiger partial charge in [0.25, 0.3) is 0 Å². The summed E-state index contributed by atoms with van der Waals surface area (Å²) in [5, 5.41) is 16.0. The summed E-state index contributed by atoms with van der Waals surface area (Å²) in [6.07, 6.45) is 2.28. The highest BCUT2D eigenvalue weighted by Gasteiger charge is 2.10. The number of fused-ring (bicyclic) bond motifs is 1. The molecule has 2 aromatic rings. The van der Waals surface area contributed by atoms with Crippen molar-refractivity contribution >= 4 is 17.1 Å². The number of nitrogens with one attached hydrogen (secondary N) is 2. The van der Waals surface area contributed by atoms with Gasteiger partial charge in [0.1, 0.15) is 6.07 Å². The maximum absolute atomic E-state index is 9.21. The summed E-state index contributed by atoms with van der Waals surface area (Å²) in [4.78, 5) is 0. The van der Waals surface area contributed by atoms with E-state index in [1.165, 1.54) is 17.7 Å². The van der Waals surface area contributed by atoms with Crippen LogP contribution in [-0.4, -0.2) is 6.54 Å². The molecule has 0 aliphatic carbocycles. The number of hydrogen-bond donors (Lipinski definition) is 2. The van der Waals surface area contributed by atoms with E-state index in [0.717, 1.165) is 29.9 Å². The van der Waals surface area contributed by atoms with E-state index < -0.39 is 0 Å². The molecule has 2 N–H and O–H groups in total. The first-order valence-corrected chi connectivity index (χ1v) is 6.91. The van der Waals surface area contributed by atoms with Crippen molar-refractivity contribution in [2.24, 2.45) is 0 Å². The van der Waals surface area contributed by atoms with Gasteiger partial charge < -0.3 is 10.6 Å². The number of para-hydroxylation sites is 1. The molecule has 0 fully saturated rings. The van der Waals surface area contributed by atoms with Crippen molar-refractivity contribution in [1.29, 1.82) is 5.26 Å². The lowest BCUT2D eigenvalue weighted by Gasteiger charge is -2.19. The van der Waals surface area contributed by atoms with Gasteiger partial charge in [-0.3, -0.25) is 0 Å². The molecule has 0 amide bonds. The van der Waals surface area contributed by atoms with Crippen molar-refractivity contribution in [1.82, 2.24) is 0 Å². The van der Waals surface area contributed by atoms with E-state index in [0.29, 0.717) is 5.56 Å². The fraction of sp³-hybridized carbons (Fsp3) is 0.235. The predicted molar refractivity (Wildman–Crippen MR) is 82.4 cm³/mol. The van der Waals surface area contributed by atoms with E-state index in [4.69, 9.17) is 0 Å². The Kier molecular flexibility index (Phi) is 3.30. The van der Waals surface area contributed by atoms with E-state index in [2.05, 4.69) is 34.9 Å². The molecule has 3 heteroatoms. The first-order chi connectivity index (χ1) is 9.78. The SMILES string of the molecule is Cc1cccc(C#N)c1Nc1ccc2c(c1)CCCN2. The summed E-state index contributed by atoms with van der Waals surface area (Å²) < 4.78 is 0. The van der Waals surface area contributed by atoms with E-state index in [9.17, 15) is 5.26 Å². The van der Waals surface area contributed by atoms with E-state index in [1.54, 1.807) is 0 Å². The molecule has 0 atom stereocenters. The Morgan fingerprint density at radius 3 is 3.00 bits per heavy atom. The van der Waals surface area contributed by atoms with Crippen LogP contribution in [0.2, 0.25) is 0 Å². The zero-order valence-corrected chi connectivity index (χ0v) is 11.5. The highest BCUT2D eigenvalue weighted by Crippen LogP contribution is 2.29. The molecule has 2 aromatic carbocycles. The third kappa shape index (κ3) is 2.33. The van der Waals surface area contributed by atoms with Gasteiger partial charge >= 0.3 is 0 Å². The first-order valence-electron chi connectivity index (χ1n) is 6.91. The van der Waals surface area contributed by atoms with Gasteiger partial charge in [0.15, 0.2) is 0 Å². The van der Waals surface area contributed by atoms with E-state index in [1.807, 2.05) is 25.1 Å². The number of benzene rings is 2. The maximum Gasteiger partial charge on any atom is 0.101 e. The van der Waals surface area contributed by atoms with Crippen LogP contribution in [-0.2, 0) is 6.42 Å². The molecule has 0 radical (unpaired) electrons. The number of nitrogens with zero attached hydrogens (tertiary/aromatic N) is 1. The molecule has 0 bridgehead atoms. The molecular weight excluding hydrogens is 246 g/mol. The van der Waals surface area contributed by atoms with Gasteiger partial charge in [-0.05, 0) is 55.2 Å². The zero-order chi connectivity index (χ0) is 13.9. The lowest BCUT2D eigenvalue weighted by atomic mass is 10.0. The van der Waals surface area contributed by atoms with E-state index in [-0.39, 0.29) is 0 Å². The molecule has 100 valence electrons. The Labute approximate surface area is 119 Å². The maximum atomic E-state index is 9.21. The van der Waals surface area contributed by atoms with Crippen LogP contribution in [0.1, 0.15) is 23.1 Å². The molecule has 1 aliphatic rings. The normalized spacial score (nSPS) is 13.0. The van der Waals surface area contributed by atoms with Crippen molar-refractivity contribution in [3.05, 3.63) is 53.1 Å². The Bertz CT molecular complexity index is 683. The van der Waals surface area contributed by atoms with E-state index >= 15 is 0 Å². The second kappa shape index (κ2) is 5.26. The summed E-state index contributed by atoms with van der Waals surface area (Å²) in [5.74, 6) is 0. The average Bonchev–Trinajstić information content (AvgIpc) is 2.49. The Balaban J connectivity index is 1.94. The standard InChI is InChI=1S/C17H17N3/c1-12-4-2-5-14(11-18)17(12)20-15-7-8-16-13(10-15)6-3-9-19-16/h2,4-5,7-8,10,19-20H,3,6,9H2,1H3. The van der Waals surface area contributed by atoms with Crippen LogP contribution in [0, 0.1) is 18.3 Å². The minimum Gasteiger partial charge on any atom is -0.385 e. The van der Waals surface area contributed by atoms with Crippen LogP contribution in [0.4, 0.5) is 17.1 Å². The quantitative estimate of drug-likeness (QED) is 0.862. The average molecular weight is 263 g/mol. The molecule has 0 spiro atoms. The minimum absolute atomic E-state index is 0.681. The van der Waals surface area contributed by atoms with Gasteiger partial charge in [-0.25, -0.2) is 0 Å². The van der Waals surface area contributed by atoms with Gasteiger partial charge in [-0.2, -0.15) is 5.26 Å². The van der Waals surface area contributed by atoms with Crippen LogP contribution in [0.3, 0.4) is 0 Å². The Morgan fingerprint density at radius 2 is 2.15 bits per heavy atom. The smallest absolute Gasteiger partial charge is 0.101 e. The zero-order valence-electron chi connectivity index (χ0n) is 11.5. The Hall–Kier alpha value is -2.47. The fourth-order valence-corrected chi connectivity index (χ4v) is 2.62. The van der Waals surface area contributed by atoms with Crippen LogP contribution < -0.4 is 10.6 Å². The van der Waals surface area contributed by atoms with Gasteiger partial charge in [-0.1, -0.05) is 12.1 Å². The lowest BCUT2D eigenvalue weighted by molar-refractivity contribution is 0.830. The third-order valence-electron chi connectivity index (χ3n) is 3.71. The van der Waals surface area contributed by atoms with Crippen LogP contribution >= 0.6 is 0 Å². The monoisotopic (exact) mass is 263 g/mol. The topological polar surface area (TPSA) is 47.9 Å². The van der Waals surface area contributed by atoms with Crippen molar-refractivity contribution in [2.45, 2.75) is 19.8 Å². The minimum atomic E-state index is 0.681. The number of rotatable bonds is 2. The number of anilines is 3. The van der Waals surface area contributed by atoms with Gasteiger partial charge in [0, 0.05) is 17.9 Å². The highest BCUT2D eigenvalue weighted by atomic mass is 14.9. The summed E-state index contributed by atoms with van der Waals surface area (Å²) in [6.45, 7) is 3.07. The Morgan fingerprint density at radius 1 is 1.25 bits per heavy atom. The number of nitriles is 1. The van der Waals surface area contributed by atoms with Crippen LogP contribution in [0.15, 0.2) is 36.4 Å². The molecule has 20 heavy (non-hydrogen) atoms. The molecule has 0 saturated carbocycles. The first kappa shape index (κ1) is 12.6. The molecule has 3 nitrogen and oxygen atoms in total. The molecule has 0 aromatic heterocycles. The summed E-state index contributed by atoms with van der Waals surface area (Å²) >= 11 is 0. The molecule has 0 unspecified atom stereocenters. The highest BCUT2D eigenvalue weighted by molar-refractivity contribution is 5.72. The van der Waals surface area contributed by atoms with Gasteiger partial charge in [0.05, 0.1) is 11.3 Å². The van der Waals surface area contributed by atoms with Crippen molar-refractivity contribution < 1.29 is 0 Å². The van der Waals surface area contributed by atoms with Crippen LogP contribution in [0.25, 0.3) is 0 Å².